The summed E-state index contributed by atoms with van der Waals surface area (Å²) < 4.78 is 5.27. The van der Waals surface area contributed by atoms with Gasteiger partial charge in [-0.2, -0.15) is 0 Å². The van der Waals surface area contributed by atoms with E-state index in [-0.39, 0.29) is 18.9 Å². The topological polar surface area (TPSA) is 105 Å². The molecule has 32 heavy (non-hydrogen) atoms. The van der Waals surface area contributed by atoms with Gasteiger partial charge in [0.2, 0.25) is 5.91 Å². The van der Waals surface area contributed by atoms with E-state index >= 15 is 0 Å². The van der Waals surface area contributed by atoms with E-state index in [9.17, 15) is 19.5 Å². The Morgan fingerprint density at radius 3 is 2.06 bits per heavy atom. The van der Waals surface area contributed by atoms with Gasteiger partial charge in [-0.3, -0.25) is 4.79 Å². The predicted molar refractivity (Wildman–Crippen MR) is 120 cm³/mol. The molecule has 3 N–H and O–H groups in total. The highest BCUT2D eigenvalue weighted by Crippen LogP contribution is 2.26. The molecule has 7 nitrogen and oxygen atoms in total. The second-order valence-electron chi connectivity index (χ2n) is 8.17. The molecule has 1 saturated carbocycles. The van der Waals surface area contributed by atoms with Gasteiger partial charge in [0, 0.05) is 6.42 Å². The summed E-state index contributed by atoms with van der Waals surface area (Å²) in [5.41, 5.74) is 1.68. The van der Waals surface area contributed by atoms with Crippen molar-refractivity contribution in [2.45, 2.75) is 57.2 Å². The summed E-state index contributed by atoms with van der Waals surface area (Å²) >= 11 is 0. The van der Waals surface area contributed by atoms with Gasteiger partial charge in [-0.15, -0.1) is 0 Å². The van der Waals surface area contributed by atoms with Gasteiger partial charge in [0.15, 0.2) is 0 Å². The van der Waals surface area contributed by atoms with Crippen molar-refractivity contribution in [3.63, 3.8) is 0 Å². The lowest BCUT2D eigenvalue weighted by Crippen LogP contribution is -2.54. The van der Waals surface area contributed by atoms with Crippen molar-refractivity contribution >= 4 is 18.0 Å². The average Bonchev–Trinajstić information content (AvgIpc) is 2.82. The van der Waals surface area contributed by atoms with Crippen LogP contribution in [0.5, 0.6) is 0 Å². The molecule has 170 valence electrons. The molecule has 2 aromatic rings. The summed E-state index contributed by atoms with van der Waals surface area (Å²) in [5.74, 6) is -1.67. The van der Waals surface area contributed by atoms with Crippen molar-refractivity contribution in [1.29, 1.82) is 0 Å². The molecule has 1 aliphatic carbocycles. The second-order valence-corrected chi connectivity index (χ2v) is 8.17. The quantitative estimate of drug-likeness (QED) is 0.554. The van der Waals surface area contributed by atoms with E-state index in [1.165, 1.54) is 0 Å². The van der Waals surface area contributed by atoms with Gasteiger partial charge < -0.3 is 20.5 Å². The van der Waals surface area contributed by atoms with Gasteiger partial charge in [-0.05, 0) is 29.9 Å². The fourth-order valence-electron chi connectivity index (χ4n) is 4.07. The lowest BCUT2D eigenvalue weighted by atomic mass is 9.83. The number of carboxylic acids is 1. The fourth-order valence-corrected chi connectivity index (χ4v) is 4.07. The number of carbonyl (C=O) groups excluding carboxylic acids is 2. The fraction of sp³-hybridized carbons (Fsp3) is 0.400. The number of rotatable bonds is 9. The predicted octanol–water partition coefficient (Wildman–Crippen LogP) is 3.67. The van der Waals surface area contributed by atoms with Crippen LogP contribution in [-0.2, 0) is 27.4 Å². The van der Waals surface area contributed by atoms with E-state index in [4.69, 9.17) is 4.74 Å². The molecule has 0 unspecified atom stereocenters. The third-order valence-electron chi connectivity index (χ3n) is 5.79. The molecule has 0 spiro atoms. The first-order chi connectivity index (χ1) is 15.5. The minimum atomic E-state index is -1.05. The number of carboxylic acid groups (broad SMARTS) is 1. The molecule has 0 heterocycles. The van der Waals surface area contributed by atoms with Crippen LogP contribution in [0.15, 0.2) is 60.7 Å². The van der Waals surface area contributed by atoms with Gasteiger partial charge in [-0.1, -0.05) is 79.9 Å². The van der Waals surface area contributed by atoms with Crippen molar-refractivity contribution in [1.82, 2.24) is 10.6 Å². The SMILES string of the molecule is O=C(N[C@H](Cc1ccccc1)C(=O)N[C@H](C(=O)O)C1CCCCC1)OCc1ccccc1. The summed E-state index contributed by atoms with van der Waals surface area (Å²) in [6.07, 6.45) is 4.05. The highest BCUT2D eigenvalue weighted by molar-refractivity contribution is 5.89. The first-order valence-corrected chi connectivity index (χ1v) is 11.1. The van der Waals surface area contributed by atoms with Gasteiger partial charge >= 0.3 is 12.1 Å². The number of alkyl carbamates (subject to hydrolysis) is 1. The van der Waals surface area contributed by atoms with Crippen LogP contribution in [-0.4, -0.2) is 35.2 Å². The number of hydrogen-bond donors (Lipinski definition) is 3. The summed E-state index contributed by atoms with van der Waals surface area (Å²) in [7, 11) is 0. The maximum atomic E-state index is 13.1. The largest absolute Gasteiger partial charge is 0.480 e. The molecule has 3 rings (SSSR count). The number of amides is 2. The van der Waals surface area contributed by atoms with Crippen LogP contribution < -0.4 is 10.6 Å². The smallest absolute Gasteiger partial charge is 0.408 e. The van der Waals surface area contributed by atoms with Crippen molar-refractivity contribution in [3.8, 4) is 0 Å². The van der Waals surface area contributed by atoms with Crippen molar-refractivity contribution in [2.24, 2.45) is 5.92 Å². The van der Waals surface area contributed by atoms with Crippen LogP contribution in [0.3, 0.4) is 0 Å². The number of ether oxygens (including phenoxy) is 1. The summed E-state index contributed by atoms with van der Waals surface area (Å²) in [6.45, 7) is 0.0756. The Kier molecular flexibility index (Phi) is 8.66. The zero-order chi connectivity index (χ0) is 22.8. The Labute approximate surface area is 188 Å². The normalized spacial score (nSPS) is 15.9. The summed E-state index contributed by atoms with van der Waals surface area (Å²) in [5, 5.41) is 15.0. The Balaban J connectivity index is 1.67. The molecular formula is C25H30N2O5. The van der Waals surface area contributed by atoms with Crippen molar-refractivity contribution in [3.05, 3.63) is 71.8 Å². The first kappa shape index (κ1) is 23.3. The first-order valence-electron chi connectivity index (χ1n) is 11.1. The number of benzene rings is 2. The molecule has 2 aromatic carbocycles. The molecular weight excluding hydrogens is 408 g/mol. The van der Waals surface area contributed by atoms with E-state index in [0.717, 1.165) is 43.2 Å². The van der Waals surface area contributed by atoms with Crippen LogP contribution in [0.1, 0.15) is 43.2 Å². The van der Waals surface area contributed by atoms with Crippen LogP contribution in [0.2, 0.25) is 0 Å². The average molecular weight is 439 g/mol. The Morgan fingerprint density at radius 1 is 0.875 bits per heavy atom. The molecule has 0 aliphatic heterocycles. The molecule has 0 bridgehead atoms. The van der Waals surface area contributed by atoms with Crippen molar-refractivity contribution in [2.75, 3.05) is 0 Å². The van der Waals surface area contributed by atoms with Crippen LogP contribution >= 0.6 is 0 Å². The third kappa shape index (κ3) is 7.11. The Morgan fingerprint density at radius 2 is 1.47 bits per heavy atom. The highest BCUT2D eigenvalue weighted by atomic mass is 16.5. The molecule has 2 atom stereocenters. The van der Waals surface area contributed by atoms with E-state index in [0.29, 0.717) is 0 Å². The number of aliphatic carboxylic acids is 1. The van der Waals surface area contributed by atoms with E-state index in [1.807, 2.05) is 60.7 Å². The maximum absolute atomic E-state index is 13.1. The lowest BCUT2D eigenvalue weighted by Gasteiger charge is -2.29. The van der Waals surface area contributed by atoms with Gasteiger partial charge in [0.05, 0.1) is 0 Å². The summed E-state index contributed by atoms with van der Waals surface area (Å²) in [6, 6.07) is 16.6. The van der Waals surface area contributed by atoms with Gasteiger partial charge in [0.25, 0.3) is 0 Å². The van der Waals surface area contributed by atoms with Crippen molar-refractivity contribution < 1.29 is 24.2 Å². The Hall–Kier alpha value is -3.35. The van der Waals surface area contributed by atoms with Crippen LogP contribution in [0.4, 0.5) is 4.79 Å². The Bertz CT molecular complexity index is 882. The minimum Gasteiger partial charge on any atom is -0.480 e. The van der Waals surface area contributed by atoms with E-state index in [2.05, 4.69) is 10.6 Å². The standard InChI is InChI=1S/C25H30N2O5/c28-23(27-22(24(29)30)20-14-8-3-9-15-20)21(16-18-10-4-1-5-11-18)26-25(31)32-17-19-12-6-2-7-13-19/h1-2,4-7,10-13,20-22H,3,8-9,14-17H2,(H,26,31)(H,27,28)(H,29,30)/t21-,22+/m1/s1. The molecule has 1 fully saturated rings. The molecule has 1 aliphatic rings. The molecule has 2 amide bonds. The monoisotopic (exact) mass is 438 g/mol. The number of nitrogens with one attached hydrogen (secondary N) is 2. The van der Waals surface area contributed by atoms with Crippen LogP contribution in [0, 0.1) is 5.92 Å². The third-order valence-corrected chi connectivity index (χ3v) is 5.79. The number of carbonyl (C=O) groups is 3. The zero-order valence-corrected chi connectivity index (χ0v) is 18.0. The second kappa shape index (κ2) is 11.9. The highest BCUT2D eigenvalue weighted by Gasteiger charge is 2.33. The van der Waals surface area contributed by atoms with E-state index in [1.54, 1.807) is 0 Å². The minimum absolute atomic E-state index is 0.0756. The molecule has 0 radical (unpaired) electrons. The molecule has 0 saturated heterocycles. The van der Waals surface area contributed by atoms with Gasteiger partial charge in [-0.25, -0.2) is 9.59 Å². The zero-order valence-electron chi connectivity index (χ0n) is 18.0. The van der Waals surface area contributed by atoms with Gasteiger partial charge in [0.1, 0.15) is 18.7 Å². The lowest BCUT2D eigenvalue weighted by molar-refractivity contribution is -0.144. The maximum Gasteiger partial charge on any atom is 0.408 e. The molecule has 7 heteroatoms. The van der Waals surface area contributed by atoms with E-state index < -0.39 is 30.1 Å². The number of hydrogen-bond acceptors (Lipinski definition) is 4. The van der Waals surface area contributed by atoms with Crippen LogP contribution in [0.25, 0.3) is 0 Å². The molecule has 0 aromatic heterocycles. The summed E-state index contributed by atoms with van der Waals surface area (Å²) in [4.78, 5) is 37.4.